The van der Waals surface area contributed by atoms with Gasteiger partial charge in [-0.15, -0.1) is 0 Å². The van der Waals surface area contributed by atoms with Crippen molar-refractivity contribution in [3.05, 3.63) is 24.5 Å². The number of carbonyl (C=O) groups is 2. The highest BCUT2D eigenvalue weighted by Gasteiger charge is 2.28. The highest BCUT2D eigenvalue weighted by atomic mass is 16.4. The zero-order valence-corrected chi connectivity index (χ0v) is 10.7. The van der Waals surface area contributed by atoms with Gasteiger partial charge in [0.2, 0.25) is 0 Å². The first-order valence-electron chi connectivity index (χ1n) is 5.49. The van der Waals surface area contributed by atoms with Crippen LogP contribution < -0.4 is 10.2 Å². The van der Waals surface area contributed by atoms with E-state index in [0.29, 0.717) is 5.69 Å². The van der Waals surface area contributed by atoms with Crippen LogP contribution in [0.2, 0.25) is 0 Å². The lowest BCUT2D eigenvalue weighted by atomic mass is 9.94. The van der Waals surface area contributed by atoms with Crippen LogP contribution >= 0.6 is 0 Å². The van der Waals surface area contributed by atoms with Gasteiger partial charge in [0, 0.05) is 19.8 Å². The Hall–Kier alpha value is -2.11. The summed E-state index contributed by atoms with van der Waals surface area (Å²) in [6, 6.07) is 3.10. The van der Waals surface area contributed by atoms with Crippen molar-refractivity contribution < 1.29 is 14.7 Å². The van der Waals surface area contributed by atoms with E-state index in [1.165, 1.54) is 4.90 Å². The molecule has 6 nitrogen and oxygen atoms in total. The Balaban J connectivity index is 2.59. The molecule has 0 saturated heterocycles. The molecule has 0 bridgehead atoms. The maximum atomic E-state index is 11.8. The molecule has 1 rings (SSSR count). The van der Waals surface area contributed by atoms with E-state index in [0.717, 1.165) is 0 Å². The molecule has 0 aromatic carbocycles. The van der Waals surface area contributed by atoms with Crippen LogP contribution in [0.5, 0.6) is 0 Å². The molecule has 1 aromatic heterocycles. The van der Waals surface area contributed by atoms with E-state index in [1.807, 2.05) is 0 Å². The Morgan fingerprint density at radius 1 is 1.50 bits per heavy atom. The summed E-state index contributed by atoms with van der Waals surface area (Å²) < 4.78 is 0. The number of nitrogens with zero attached hydrogens (tertiary/aromatic N) is 2. The summed E-state index contributed by atoms with van der Waals surface area (Å²) in [7, 11) is 1.60. The summed E-state index contributed by atoms with van der Waals surface area (Å²) in [6.45, 7) is 3.17. The summed E-state index contributed by atoms with van der Waals surface area (Å²) in [4.78, 5) is 28.0. The molecule has 18 heavy (non-hydrogen) atoms. The van der Waals surface area contributed by atoms with E-state index in [1.54, 1.807) is 45.4 Å². The molecule has 0 aliphatic rings. The number of pyridine rings is 1. The standard InChI is InChI=1S/C12H17N3O3/c1-12(2,10(16)17)8-14-11(18)15(3)9-5-4-6-13-7-9/h4-7H,8H2,1-3H3,(H,14,18)(H,16,17). The number of aromatic nitrogens is 1. The number of anilines is 1. The first-order valence-corrected chi connectivity index (χ1v) is 5.49. The summed E-state index contributed by atoms with van der Waals surface area (Å²) in [5.41, 5.74) is -0.353. The molecule has 0 unspecified atom stereocenters. The van der Waals surface area contributed by atoms with Gasteiger partial charge in [-0.2, -0.15) is 0 Å². The van der Waals surface area contributed by atoms with Gasteiger partial charge in [0.05, 0.1) is 17.3 Å². The fourth-order valence-corrected chi connectivity index (χ4v) is 1.16. The molecule has 0 spiro atoms. The summed E-state index contributed by atoms with van der Waals surface area (Å²) in [6.07, 6.45) is 3.17. The maximum Gasteiger partial charge on any atom is 0.321 e. The first kappa shape index (κ1) is 14.0. The van der Waals surface area contributed by atoms with Crippen LogP contribution in [0.3, 0.4) is 0 Å². The first-order chi connectivity index (χ1) is 8.34. The summed E-state index contributed by atoms with van der Waals surface area (Å²) >= 11 is 0. The van der Waals surface area contributed by atoms with Gasteiger partial charge >= 0.3 is 12.0 Å². The van der Waals surface area contributed by atoms with Crippen LogP contribution in [0, 0.1) is 5.41 Å². The van der Waals surface area contributed by atoms with E-state index < -0.39 is 11.4 Å². The Labute approximate surface area is 106 Å². The molecule has 2 N–H and O–H groups in total. The number of carboxylic acid groups (broad SMARTS) is 1. The van der Waals surface area contributed by atoms with E-state index in [9.17, 15) is 9.59 Å². The third-order valence-electron chi connectivity index (χ3n) is 2.60. The Morgan fingerprint density at radius 3 is 2.67 bits per heavy atom. The number of rotatable bonds is 4. The molecule has 0 saturated carbocycles. The van der Waals surface area contributed by atoms with Gasteiger partial charge in [-0.1, -0.05) is 0 Å². The van der Waals surface area contributed by atoms with Crippen molar-refractivity contribution in [1.82, 2.24) is 10.3 Å². The second-order valence-electron chi connectivity index (χ2n) is 4.62. The number of carboxylic acids is 1. The second kappa shape index (κ2) is 5.48. The molecule has 0 aliphatic heterocycles. The van der Waals surface area contributed by atoms with Gasteiger partial charge in [-0.05, 0) is 26.0 Å². The summed E-state index contributed by atoms with van der Waals surface area (Å²) in [5.74, 6) is -0.952. The van der Waals surface area contributed by atoms with Gasteiger partial charge in [0.15, 0.2) is 0 Å². The minimum atomic E-state index is -0.995. The molecule has 98 valence electrons. The number of nitrogens with one attached hydrogen (secondary N) is 1. The van der Waals surface area contributed by atoms with Gasteiger partial charge in [-0.3, -0.25) is 14.7 Å². The minimum absolute atomic E-state index is 0.0613. The van der Waals surface area contributed by atoms with Crippen molar-refractivity contribution in [2.45, 2.75) is 13.8 Å². The number of aliphatic carboxylic acids is 1. The third-order valence-corrected chi connectivity index (χ3v) is 2.60. The monoisotopic (exact) mass is 251 g/mol. The predicted octanol–water partition coefficient (Wildman–Crippen LogP) is 1.34. The largest absolute Gasteiger partial charge is 0.481 e. The minimum Gasteiger partial charge on any atom is -0.481 e. The number of hydrogen-bond acceptors (Lipinski definition) is 3. The quantitative estimate of drug-likeness (QED) is 0.846. The zero-order valence-electron chi connectivity index (χ0n) is 10.7. The topological polar surface area (TPSA) is 82.5 Å². The van der Waals surface area contributed by atoms with Crippen molar-refractivity contribution >= 4 is 17.7 Å². The normalized spacial score (nSPS) is 10.8. The highest BCUT2D eigenvalue weighted by molar-refractivity contribution is 5.91. The molecule has 6 heteroatoms. The molecule has 0 radical (unpaired) electrons. The fraction of sp³-hybridized carbons (Fsp3) is 0.417. The second-order valence-corrected chi connectivity index (χ2v) is 4.62. The lowest BCUT2D eigenvalue weighted by molar-refractivity contribution is -0.146. The Morgan fingerprint density at radius 2 is 2.17 bits per heavy atom. The Bertz CT molecular complexity index is 431. The number of amides is 2. The van der Waals surface area contributed by atoms with E-state index >= 15 is 0 Å². The Kier molecular flexibility index (Phi) is 4.25. The number of carbonyl (C=O) groups excluding carboxylic acids is 1. The molecule has 0 atom stereocenters. The van der Waals surface area contributed by atoms with Crippen LogP contribution in [-0.2, 0) is 4.79 Å². The summed E-state index contributed by atoms with van der Waals surface area (Å²) in [5, 5.41) is 11.5. The van der Waals surface area contributed by atoms with Gasteiger partial charge < -0.3 is 10.4 Å². The molecular formula is C12H17N3O3. The molecule has 2 amide bonds. The van der Waals surface area contributed by atoms with Crippen LogP contribution in [-0.4, -0.2) is 35.7 Å². The van der Waals surface area contributed by atoms with Crippen LogP contribution in [0.15, 0.2) is 24.5 Å². The lowest BCUT2D eigenvalue weighted by Crippen LogP contribution is -2.44. The van der Waals surface area contributed by atoms with Crippen LogP contribution in [0.4, 0.5) is 10.5 Å². The van der Waals surface area contributed by atoms with Crippen LogP contribution in [0.25, 0.3) is 0 Å². The van der Waals surface area contributed by atoms with Crippen molar-refractivity contribution in [2.75, 3.05) is 18.5 Å². The van der Waals surface area contributed by atoms with Crippen LogP contribution in [0.1, 0.15) is 13.8 Å². The van der Waals surface area contributed by atoms with Gasteiger partial charge in [0.25, 0.3) is 0 Å². The molecular weight excluding hydrogens is 234 g/mol. The zero-order chi connectivity index (χ0) is 13.8. The van der Waals surface area contributed by atoms with Gasteiger partial charge in [0.1, 0.15) is 0 Å². The lowest BCUT2D eigenvalue weighted by Gasteiger charge is -2.23. The van der Waals surface area contributed by atoms with E-state index in [2.05, 4.69) is 10.3 Å². The fourth-order valence-electron chi connectivity index (χ4n) is 1.16. The highest BCUT2D eigenvalue weighted by Crippen LogP contribution is 2.14. The van der Waals surface area contributed by atoms with Gasteiger partial charge in [-0.25, -0.2) is 4.79 Å². The van der Waals surface area contributed by atoms with Crippen molar-refractivity contribution in [1.29, 1.82) is 0 Å². The average molecular weight is 251 g/mol. The van der Waals surface area contributed by atoms with E-state index in [-0.39, 0.29) is 12.6 Å². The van der Waals surface area contributed by atoms with Crippen molar-refractivity contribution in [2.24, 2.45) is 5.41 Å². The van der Waals surface area contributed by atoms with Crippen molar-refractivity contribution in [3.63, 3.8) is 0 Å². The molecule has 1 aromatic rings. The van der Waals surface area contributed by atoms with Crippen molar-refractivity contribution in [3.8, 4) is 0 Å². The maximum absolute atomic E-state index is 11.8. The predicted molar refractivity (Wildman–Crippen MR) is 67.5 cm³/mol. The average Bonchev–Trinajstić information content (AvgIpc) is 2.36. The number of urea groups is 1. The van der Waals surface area contributed by atoms with E-state index in [4.69, 9.17) is 5.11 Å². The number of hydrogen-bond donors (Lipinski definition) is 2. The molecule has 0 fully saturated rings. The third kappa shape index (κ3) is 3.44. The molecule has 1 heterocycles. The smallest absolute Gasteiger partial charge is 0.321 e. The SMILES string of the molecule is CN(C(=O)NCC(C)(C)C(=O)O)c1cccnc1. The molecule has 0 aliphatic carbocycles.